The Labute approximate surface area is 260 Å². The van der Waals surface area contributed by atoms with Crippen molar-refractivity contribution in [3.8, 4) is 17.6 Å². The number of amides is 1. The number of hydrogen-bond acceptors (Lipinski definition) is 7. The van der Waals surface area contributed by atoms with Crippen LogP contribution in [0.25, 0.3) is 5.52 Å². The maximum atomic E-state index is 13.7. The standard InChI is InChI=1S/C31H35F3N6O3Se/c1-30(17-43-18-30)37-29(41)19-9-12-22(26(16-19)42-3)35-15-5-6-23-28(44-31(32,33)34)25-7-4-8-27(40(25)38-23)36-21-13-10-20-11-14-24(21)39(20)2/h4,7-9,12,16,20-21,24,35-36H,10-11,13-15,17-18H2,1-3H3,(H,37,41)/t20-,21-,24-/m1/s1. The molecule has 44 heavy (non-hydrogen) atoms. The van der Waals surface area contributed by atoms with Gasteiger partial charge < -0.3 is 4.74 Å². The summed E-state index contributed by atoms with van der Waals surface area (Å²) in [5.41, 5.74) is 1.18. The molecule has 3 atom stereocenters. The van der Waals surface area contributed by atoms with Crippen LogP contribution in [-0.4, -0.2) is 98.0 Å². The Bertz CT molecular complexity index is 1610. The predicted octanol–water partition coefficient (Wildman–Crippen LogP) is 3.21. The monoisotopic (exact) mass is 676 g/mol. The van der Waals surface area contributed by atoms with E-state index in [1.807, 2.05) is 13.0 Å². The van der Waals surface area contributed by atoms with Gasteiger partial charge in [0.2, 0.25) is 0 Å². The summed E-state index contributed by atoms with van der Waals surface area (Å²) >= 11 is -1.82. The number of fused-ring (bicyclic) bond motifs is 3. The molecule has 13 heteroatoms. The van der Waals surface area contributed by atoms with Crippen molar-refractivity contribution < 1.29 is 27.4 Å². The second-order valence-corrected chi connectivity index (χ2v) is 14.1. The van der Waals surface area contributed by atoms with Gasteiger partial charge in [-0.2, -0.15) is 0 Å². The second-order valence-electron chi connectivity index (χ2n) is 11.8. The van der Waals surface area contributed by atoms with Crippen LogP contribution in [0.1, 0.15) is 48.7 Å². The van der Waals surface area contributed by atoms with Crippen LogP contribution in [0.4, 0.5) is 24.7 Å². The number of halogens is 3. The summed E-state index contributed by atoms with van der Waals surface area (Å²) in [6.07, 6.45) is 4.40. The van der Waals surface area contributed by atoms with E-state index in [-0.39, 0.29) is 34.2 Å². The Hall–Kier alpha value is -3.43. The molecule has 3 aliphatic heterocycles. The summed E-state index contributed by atoms with van der Waals surface area (Å²) in [7, 11) is 3.66. The number of alkyl halides is 3. The van der Waals surface area contributed by atoms with E-state index in [9.17, 15) is 18.0 Å². The number of carbonyl (C=O) groups is 1. The molecule has 234 valence electrons. The van der Waals surface area contributed by atoms with E-state index >= 15 is 0 Å². The summed E-state index contributed by atoms with van der Waals surface area (Å²) < 4.78 is 53.5. The molecule has 1 amide bonds. The van der Waals surface area contributed by atoms with Gasteiger partial charge in [-0.3, -0.25) is 0 Å². The zero-order chi connectivity index (χ0) is 31.1. The van der Waals surface area contributed by atoms with Crippen molar-refractivity contribution in [2.75, 3.05) is 44.5 Å². The third kappa shape index (κ3) is 6.35. The van der Waals surface area contributed by atoms with Gasteiger partial charge in [0, 0.05) is 0 Å². The number of nitrogens with one attached hydrogen (secondary N) is 3. The third-order valence-corrected chi connectivity index (χ3v) is 10.4. The molecule has 3 aromatic rings. The number of ether oxygens (including phenoxy) is 2. The van der Waals surface area contributed by atoms with Crippen molar-refractivity contribution in [2.24, 2.45) is 0 Å². The first-order valence-corrected chi connectivity index (χ1v) is 16.3. The van der Waals surface area contributed by atoms with Gasteiger partial charge in [-0.25, -0.2) is 0 Å². The van der Waals surface area contributed by atoms with Gasteiger partial charge in [0.15, 0.2) is 0 Å². The number of likely N-dealkylation sites (N-methyl/N-ethyl adjacent to an activating group) is 1. The van der Waals surface area contributed by atoms with E-state index in [1.165, 1.54) is 13.5 Å². The molecular weight excluding hydrogens is 640 g/mol. The molecule has 3 N–H and O–H groups in total. The molecule has 6 rings (SSSR count). The van der Waals surface area contributed by atoms with Crippen molar-refractivity contribution in [3.63, 3.8) is 0 Å². The van der Waals surface area contributed by atoms with E-state index in [0.29, 0.717) is 53.6 Å². The van der Waals surface area contributed by atoms with E-state index < -0.39 is 20.0 Å². The van der Waals surface area contributed by atoms with E-state index in [1.54, 1.807) is 34.8 Å². The molecule has 1 aromatic carbocycles. The van der Waals surface area contributed by atoms with Crippen LogP contribution in [-0.2, 0) is 4.74 Å². The number of rotatable bonds is 8. The van der Waals surface area contributed by atoms with Gasteiger partial charge >= 0.3 is 230 Å². The fourth-order valence-electron chi connectivity index (χ4n) is 6.32. The molecule has 3 fully saturated rings. The van der Waals surface area contributed by atoms with Gasteiger partial charge in [-0.05, 0) is 6.92 Å². The molecule has 0 aliphatic carbocycles. The number of aromatic nitrogens is 2. The van der Waals surface area contributed by atoms with Gasteiger partial charge in [0.05, 0.1) is 18.8 Å². The van der Waals surface area contributed by atoms with E-state index in [0.717, 1.165) is 19.3 Å². The molecule has 3 saturated heterocycles. The first-order chi connectivity index (χ1) is 21.0. The molecule has 2 aromatic heterocycles. The van der Waals surface area contributed by atoms with Crippen LogP contribution in [0.3, 0.4) is 0 Å². The van der Waals surface area contributed by atoms with Gasteiger partial charge in [-0.1, -0.05) is 0 Å². The number of hydrogen-bond donors (Lipinski definition) is 3. The van der Waals surface area contributed by atoms with Crippen LogP contribution in [0.15, 0.2) is 36.4 Å². The predicted molar refractivity (Wildman–Crippen MR) is 163 cm³/mol. The first kappa shape index (κ1) is 30.6. The van der Waals surface area contributed by atoms with Crippen molar-refractivity contribution >= 4 is 42.3 Å². The number of carbonyl (C=O) groups excluding carboxylic acids is 1. The Morgan fingerprint density at radius 3 is 2.73 bits per heavy atom. The Morgan fingerprint density at radius 2 is 2.00 bits per heavy atom. The zero-order valence-electron chi connectivity index (χ0n) is 24.8. The zero-order valence-corrected chi connectivity index (χ0v) is 26.5. The third-order valence-electron chi connectivity index (χ3n) is 8.63. The number of benzene rings is 1. The quantitative estimate of drug-likeness (QED) is 0.250. The van der Waals surface area contributed by atoms with Crippen molar-refractivity contribution in [1.29, 1.82) is 0 Å². The van der Waals surface area contributed by atoms with E-state index in [4.69, 9.17) is 9.47 Å². The maximum absolute atomic E-state index is 13.7. The van der Waals surface area contributed by atoms with Crippen LogP contribution < -0.4 is 25.1 Å². The normalized spacial score (nSPS) is 22.5. The van der Waals surface area contributed by atoms with Gasteiger partial charge in [0.25, 0.3) is 0 Å². The molecule has 0 radical (unpaired) electrons. The molecule has 0 spiro atoms. The SMILES string of the molecule is COc1cc(C(=O)NC2(C)COC2)ccc1NCC#Cc1nn2c(N[C@@H]3CC[C@@H]4CC[C@H]3N4C)cccc2c1[Se]C(F)(F)F. The molecular formula is C31H35F3N6O3Se. The number of anilines is 2. The van der Waals surface area contributed by atoms with Crippen LogP contribution in [0.2, 0.25) is 0 Å². The van der Waals surface area contributed by atoms with Gasteiger partial charge in [-0.15, -0.1) is 0 Å². The number of methoxy groups -OCH3 is 1. The number of piperidine rings is 1. The van der Waals surface area contributed by atoms with Gasteiger partial charge in [0.1, 0.15) is 0 Å². The minimum atomic E-state index is -4.36. The molecule has 0 unspecified atom stereocenters. The summed E-state index contributed by atoms with van der Waals surface area (Å²) in [6, 6.07) is 11.5. The fourth-order valence-corrected chi connectivity index (χ4v) is 7.75. The molecule has 5 heterocycles. The van der Waals surface area contributed by atoms with Crippen LogP contribution in [0, 0.1) is 11.8 Å². The van der Waals surface area contributed by atoms with Crippen molar-refractivity contribution in [1.82, 2.24) is 19.8 Å². The summed E-state index contributed by atoms with van der Waals surface area (Å²) in [5, 5.41) is 9.91. The van der Waals surface area contributed by atoms with E-state index in [2.05, 4.69) is 44.8 Å². The average Bonchev–Trinajstić information content (AvgIpc) is 3.42. The fraction of sp³-hybridized carbons (Fsp3) is 0.484. The summed E-state index contributed by atoms with van der Waals surface area (Å²) in [4.78, 5) is 15.1. The topological polar surface area (TPSA) is 92.2 Å². The Balaban J connectivity index is 1.20. The van der Waals surface area contributed by atoms with Crippen molar-refractivity contribution in [2.45, 2.75) is 61.3 Å². The molecule has 3 aliphatic rings. The van der Waals surface area contributed by atoms with Crippen LogP contribution >= 0.6 is 0 Å². The summed E-state index contributed by atoms with van der Waals surface area (Å²) in [6.45, 7) is 2.97. The summed E-state index contributed by atoms with van der Waals surface area (Å²) in [5.74, 6) is 6.70. The molecule has 9 nitrogen and oxygen atoms in total. The average molecular weight is 676 g/mol. The number of pyridine rings is 1. The Morgan fingerprint density at radius 1 is 1.20 bits per heavy atom. The first-order valence-electron chi connectivity index (χ1n) is 14.6. The van der Waals surface area contributed by atoms with Crippen LogP contribution in [0.5, 0.6) is 5.75 Å². The second kappa shape index (κ2) is 12.2. The number of nitrogens with zero attached hydrogens (tertiary/aromatic N) is 3. The molecule has 0 saturated carbocycles. The molecule has 2 bridgehead atoms. The minimum absolute atomic E-state index is 0.112. The van der Waals surface area contributed by atoms with Crippen molar-refractivity contribution in [3.05, 3.63) is 47.7 Å². The Kier molecular flexibility index (Phi) is 8.46.